The van der Waals surface area contributed by atoms with Crippen LogP contribution in [0.4, 0.5) is 0 Å². The van der Waals surface area contributed by atoms with E-state index < -0.39 is 0 Å². The number of hydrogen-bond donors (Lipinski definition) is 1. The van der Waals surface area contributed by atoms with Gasteiger partial charge in [-0.05, 0) is 50.6 Å². The number of benzene rings is 1. The Morgan fingerprint density at radius 3 is 2.62 bits per heavy atom. The van der Waals surface area contributed by atoms with E-state index in [0.29, 0.717) is 16.3 Å². The third-order valence-corrected chi connectivity index (χ3v) is 4.16. The van der Waals surface area contributed by atoms with E-state index in [1.54, 1.807) is 6.07 Å². The quantitative estimate of drug-likeness (QED) is 0.663. The summed E-state index contributed by atoms with van der Waals surface area (Å²) in [6.07, 6.45) is 0. The molecule has 3 nitrogen and oxygen atoms in total. The van der Waals surface area contributed by atoms with Crippen LogP contribution in [0.5, 0.6) is 5.75 Å². The number of carbonyl (C=O) groups excluding carboxylic acids is 1. The predicted octanol–water partition coefficient (Wildman–Crippen LogP) is 4.55. The summed E-state index contributed by atoms with van der Waals surface area (Å²) in [5, 5.41) is 11.5. The summed E-state index contributed by atoms with van der Waals surface area (Å²) in [5.41, 5.74) is 2.99. The second kappa shape index (κ2) is 6.50. The highest BCUT2D eigenvalue weighted by molar-refractivity contribution is 7.98. The first-order valence-corrected chi connectivity index (χ1v) is 7.83. The van der Waals surface area contributed by atoms with Gasteiger partial charge in [-0.2, -0.15) is 0 Å². The second-order valence-corrected chi connectivity index (χ2v) is 6.36. The van der Waals surface area contributed by atoms with Gasteiger partial charge in [0.05, 0.1) is 10.6 Å². The van der Waals surface area contributed by atoms with Crippen molar-refractivity contribution in [1.29, 1.82) is 0 Å². The molecule has 5 heteroatoms. The predicted molar refractivity (Wildman–Crippen MR) is 86.4 cm³/mol. The number of pyridine rings is 1. The Labute approximate surface area is 133 Å². The Hall–Kier alpha value is -1.52. The van der Waals surface area contributed by atoms with Crippen LogP contribution in [0.15, 0.2) is 29.3 Å². The van der Waals surface area contributed by atoms with E-state index in [0.717, 1.165) is 16.3 Å². The molecule has 0 atom stereocenters. The van der Waals surface area contributed by atoms with Gasteiger partial charge in [0.25, 0.3) is 0 Å². The molecule has 1 aromatic carbocycles. The molecule has 0 unspecified atom stereocenters. The molecule has 0 saturated carbocycles. The minimum Gasteiger partial charge on any atom is -0.507 e. The Morgan fingerprint density at radius 1 is 1.29 bits per heavy atom. The van der Waals surface area contributed by atoms with Gasteiger partial charge < -0.3 is 5.11 Å². The third-order valence-electron chi connectivity index (χ3n) is 2.98. The van der Waals surface area contributed by atoms with Crippen LogP contribution >= 0.6 is 23.4 Å². The zero-order chi connectivity index (χ0) is 15.6. The summed E-state index contributed by atoms with van der Waals surface area (Å²) < 4.78 is 0. The molecule has 0 bridgehead atoms. The van der Waals surface area contributed by atoms with Gasteiger partial charge >= 0.3 is 0 Å². The first-order chi connectivity index (χ1) is 9.86. The van der Waals surface area contributed by atoms with E-state index in [9.17, 15) is 9.90 Å². The zero-order valence-corrected chi connectivity index (χ0v) is 13.7. The van der Waals surface area contributed by atoms with Crippen molar-refractivity contribution in [3.05, 3.63) is 51.7 Å². The van der Waals surface area contributed by atoms with Crippen LogP contribution in [-0.2, 0) is 5.75 Å². The number of carbonyl (C=O) groups is 1. The molecular formula is C16H16ClNO2S. The average molecular weight is 322 g/mol. The Bertz CT molecular complexity index is 681. The van der Waals surface area contributed by atoms with Gasteiger partial charge in [-0.25, -0.2) is 4.98 Å². The van der Waals surface area contributed by atoms with Crippen molar-refractivity contribution in [2.45, 2.75) is 31.6 Å². The molecule has 0 spiro atoms. The molecule has 0 saturated heterocycles. The number of thioether (sulfide) groups is 1. The van der Waals surface area contributed by atoms with Gasteiger partial charge in [-0.3, -0.25) is 4.79 Å². The van der Waals surface area contributed by atoms with Crippen molar-refractivity contribution in [1.82, 2.24) is 4.98 Å². The van der Waals surface area contributed by atoms with Gasteiger partial charge in [0.2, 0.25) is 0 Å². The lowest BCUT2D eigenvalue weighted by atomic mass is 10.1. The van der Waals surface area contributed by atoms with Crippen LogP contribution in [0.3, 0.4) is 0 Å². The maximum atomic E-state index is 11.5. The van der Waals surface area contributed by atoms with Crippen LogP contribution in [0.25, 0.3) is 0 Å². The highest BCUT2D eigenvalue weighted by Crippen LogP contribution is 2.32. The number of aromatic nitrogens is 1. The average Bonchev–Trinajstić information content (AvgIpc) is 2.38. The van der Waals surface area contributed by atoms with Crippen molar-refractivity contribution < 1.29 is 9.90 Å². The molecule has 0 aliphatic carbocycles. The molecule has 21 heavy (non-hydrogen) atoms. The molecule has 2 aromatic rings. The maximum absolute atomic E-state index is 11.5. The van der Waals surface area contributed by atoms with Gasteiger partial charge in [0, 0.05) is 22.0 Å². The smallest absolute Gasteiger partial charge is 0.163 e. The lowest BCUT2D eigenvalue weighted by Gasteiger charge is -2.09. The number of phenolic OH excluding ortho intramolecular Hbond substituents is 1. The molecule has 1 aromatic heterocycles. The second-order valence-electron chi connectivity index (χ2n) is 4.93. The minimum atomic E-state index is -0.203. The number of ketones is 1. The van der Waals surface area contributed by atoms with Crippen LogP contribution in [0, 0.1) is 13.8 Å². The Kier molecular flexibility index (Phi) is 4.91. The van der Waals surface area contributed by atoms with Crippen molar-refractivity contribution in [2.75, 3.05) is 0 Å². The fraction of sp³-hybridized carbons (Fsp3) is 0.250. The molecule has 1 heterocycles. The Morgan fingerprint density at radius 2 is 2.00 bits per heavy atom. The highest BCUT2D eigenvalue weighted by atomic mass is 35.5. The topological polar surface area (TPSA) is 50.2 Å². The molecule has 0 aliphatic rings. The number of aryl methyl sites for hydroxylation is 2. The number of aromatic hydroxyl groups is 1. The summed E-state index contributed by atoms with van der Waals surface area (Å²) in [6.45, 7) is 5.37. The van der Waals surface area contributed by atoms with Crippen LogP contribution < -0.4 is 0 Å². The fourth-order valence-corrected chi connectivity index (χ4v) is 3.31. The first kappa shape index (κ1) is 15.9. The van der Waals surface area contributed by atoms with Crippen LogP contribution in [0.1, 0.15) is 34.1 Å². The maximum Gasteiger partial charge on any atom is 0.163 e. The van der Waals surface area contributed by atoms with Crippen molar-refractivity contribution >= 4 is 29.1 Å². The number of halogens is 1. The van der Waals surface area contributed by atoms with E-state index in [4.69, 9.17) is 11.6 Å². The third kappa shape index (κ3) is 3.99. The number of nitrogens with zero attached hydrogens (tertiary/aromatic N) is 1. The van der Waals surface area contributed by atoms with E-state index in [1.165, 1.54) is 24.8 Å². The standard InChI is InChI=1S/C16H16ClNO2S/c1-9-4-10(2)18-15(5-9)21-8-12-6-13(17)7-14(11(3)19)16(12)20/h4-7,20H,8H2,1-3H3. The molecule has 0 aliphatic heterocycles. The highest BCUT2D eigenvalue weighted by Gasteiger charge is 2.13. The number of rotatable bonds is 4. The Balaban J connectivity index is 2.25. The van der Waals surface area contributed by atoms with E-state index >= 15 is 0 Å². The van der Waals surface area contributed by atoms with Gasteiger partial charge in [0.1, 0.15) is 5.75 Å². The van der Waals surface area contributed by atoms with Crippen molar-refractivity contribution in [2.24, 2.45) is 0 Å². The zero-order valence-electron chi connectivity index (χ0n) is 12.1. The SMILES string of the molecule is CC(=O)c1cc(Cl)cc(CSc2cc(C)cc(C)n2)c1O. The normalized spacial score (nSPS) is 10.7. The van der Waals surface area contributed by atoms with E-state index in [2.05, 4.69) is 4.98 Å². The summed E-state index contributed by atoms with van der Waals surface area (Å²) in [5.74, 6) is 0.303. The number of hydrogen-bond acceptors (Lipinski definition) is 4. The van der Waals surface area contributed by atoms with Gasteiger partial charge in [-0.15, -0.1) is 11.8 Å². The number of phenols is 1. The molecule has 0 amide bonds. The summed E-state index contributed by atoms with van der Waals surface area (Å²) in [4.78, 5) is 15.9. The van der Waals surface area contributed by atoms with Gasteiger partial charge in [0.15, 0.2) is 5.78 Å². The van der Waals surface area contributed by atoms with Crippen molar-refractivity contribution in [3.63, 3.8) is 0 Å². The minimum absolute atomic E-state index is 0.00350. The van der Waals surface area contributed by atoms with E-state index in [1.807, 2.05) is 26.0 Å². The molecule has 110 valence electrons. The summed E-state index contributed by atoms with van der Waals surface area (Å²) in [7, 11) is 0. The first-order valence-electron chi connectivity index (χ1n) is 6.47. The lowest BCUT2D eigenvalue weighted by molar-refractivity contribution is 0.101. The number of Topliss-reactive ketones (excluding diaryl/α,β-unsaturated/α-hetero) is 1. The molecular weight excluding hydrogens is 306 g/mol. The largest absolute Gasteiger partial charge is 0.507 e. The van der Waals surface area contributed by atoms with Crippen molar-refractivity contribution in [3.8, 4) is 5.75 Å². The fourth-order valence-electron chi connectivity index (χ4n) is 2.06. The lowest BCUT2D eigenvalue weighted by Crippen LogP contribution is -1.96. The molecule has 2 rings (SSSR count). The van der Waals surface area contributed by atoms with Crippen LogP contribution in [-0.4, -0.2) is 15.9 Å². The van der Waals surface area contributed by atoms with E-state index in [-0.39, 0.29) is 17.1 Å². The van der Waals surface area contributed by atoms with Crippen LogP contribution in [0.2, 0.25) is 5.02 Å². The van der Waals surface area contributed by atoms with Gasteiger partial charge in [-0.1, -0.05) is 11.6 Å². The molecule has 1 N–H and O–H groups in total. The molecule has 0 fully saturated rings. The monoisotopic (exact) mass is 321 g/mol. The summed E-state index contributed by atoms with van der Waals surface area (Å²) >= 11 is 7.51. The summed E-state index contributed by atoms with van der Waals surface area (Å²) in [6, 6.07) is 7.17. The molecule has 0 radical (unpaired) electrons.